The van der Waals surface area contributed by atoms with Crippen molar-refractivity contribution >= 4 is 0 Å². The Labute approximate surface area is 62.9 Å². The molecule has 0 unspecified atom stereocenters. The van der Waals surface area contributed by atoms with Gasteiger partial charge in [-0.05, 0) is 18.8 Å². The van der Waals surface area contributed by atoms with Gasteiger partial charge in [0.25, 0.3) is 0 Å². The smallest absolute Gasteiger partial charge is 0.0541 e. The van der Waals surface area contributed by atoms with Crippen LogP contribution in [0.25, 0.3) is 0 Å². The molecule has 0 radical (unpaired) electrons. The third-order valence-corrected chi connectivity index (χ3v) is 1.91. The first-order valence-corrected chi connectivity index (χ1v) is 4.03. The molecule has 2 heteroatoms. The van der Waals surface area contributed by atoms with Crippen molar-refractivity contribution in [1.82, 2.24) is 0 Å². The fourth-order valence-corrected chi connectivity index (χ4v) is 0.922. The maximum absolute atomic E-state index is 9.18. The van der Waals surface area contributed by atoms with Gasteiger partial charge in [-0.2, -0.15) is 0 Å². The summed E-state index contributed by atoms with van der Waals surface area (Å²) in [6.45, 7) is 4.19. The second kappa shape index (κ2) is 5.69. The molecule has 0 saturated carbocycles. The molecule has 0 rings (SSSR count). The molecule has 0 aromatic rings. The van der Waals surface area contributed by atoms with Crippen LogP contribution < -0.4 is 0 Å². The van der Waals surface area contributed by atoms with Crippen LogP contribution in [0.4, 0.5) is 0 Å². The molecule has 0 heterocycles. The van der Waals surface area contributed by atoms with Crippen LogP contribution in [-0.2, 0) is 0 Å². The Morgan fingerprint density at radius 3 is 2.10 bits per heavy atom. The van der Waals surface area contributed by atoms with Crippen molar-refractivity contribution in [2.45, 2.75) is 39.2 Å². The highest BCUT2D eigenvalue weighted by molar-refractivity contribution is 4.61. The van der Waals surface area contributed by atoms with Gasteiger partial charge in [-0.15, -0.1) is 0 Å². The molecule has 62 valence electrons. The van der Waals surface area contributed by atoms with Crippen LogP contribution in [0.2, 0.25) is 0 Å². The van der Waals surface area contributed by atoms with Gasteiger partial charge in [-0.3, -0.25) is 0 Å². The maximum Gasteiger partial charge on any atom is 0.0541 e. The summed E-state index contributed by atoms with van der Waals surface area (Å²) >= 11 is 0. The van der Waals surface area contributed by atoms with E-state index in [0.717, 1.165) is 19.3 Å². The fraction of sp³-hybridized carbons (Fsp3) is 1.00. The Kier molecular flexibility index (Phi) is 5.64. The van der Waals surface area contributed by atoms with E-state index in [1.807, 2.05) is 13.8 Å². The molecule has 0 fully saturated rings. The van der Waals surface area contributed by atoms with Gasteiger partial charge in [0.1, 0.15) is 0 Å². The SMILES string of the molecule is CC[C@H](O)C[C@H](CC)CO. The lowest BCUT2D eigenvalue weighted by atomic mass is 9.99. The van der Waals surface area contributed by atoms with E-state index in [-0.39, 0.29) is 18.6 Å². The summed E-state index contributed by atoms with van der Waals surface area (Å²) in [4.78, 5) is 0. The second-order valence-electron chi connectivity index (χ2n) is 2.75. The number of hydrogen-bond acceptors (Lipinski definition) is 2. The minimum atomic E-state index is -0.225. The Balaban J connectivity index is 3.41. The third-order valence-electron chi connectivity index (χ3n) is 1.91. The summed E-state index contributed by atoms with van der Waals surface area (Å²) in [5.41, 5.74) is 0. The Bertz CT molecular complexity index is 69.7. The lowest BCUT2D eigenvalue weighted by molar-refractivity contribution is 0.111. The van der Waals surface area contributed by atoms with Gasteiger partial charge in [-0.1, -0.05) is 20.3 Å². The first-order chi connectivity index (χ1) is 4.74. The molecule has 2 nitrogen and oxygen atoms in total. The predicted molar refractivity (Wildman–Crippen MR) is 41.8 cm³/mol. The maximum atomic E-state index is 9.18. The average Bonchev–Trinajstić information content (AvgIpc) is 1.99. The zero-order valence-corrected chi connectivity index (χ0v) is 6.88. The molecule has 0 spiro atoms. The quantitative estimate of drug-likeness (QED) is 0.611. The number of hydrogen-bond donors (Lipinski definition) is 2. The molecule has 2 N–H and O–H groups in total. The van der Waals surface area contributed by atoms with E-state index in [0.29, 0.717) is 0 Å². The molecule has 0 aromatic carbocycles. The van der Waals surface area contributed by atoms with Gasteiger partial charge in [-0.25, -0.2) is 0 Å². The van der Waals surface area contributed by atoms with E-state index in [9.17, 15) is 5.11 Å². The molecule has 0 amide bonds. The average molecular weight is 146 g/mol. The molecular weight excluding hydrogens is 128 g/mol. The lowest BCUT2D eigenvalue weighted by Crippen LogP contribution is -2.14. The van der Waals surface area contributed by atoms with Gasteiger partial charge >= 0.3 is 0 Å². The van der Waals surface area contributed by atoms with Gasteiger partial charge in [0.05, 0.1) is 6.10 Å². The van der Waals surface area contributed by atoms with E-state index < -0.39 is 0 Å². The highest BCUT2D eigenvalue weighted by Gasteiger charge is 2.09. The van der Waals surface area contributed by atoms with Gasteiger partial charge in [0.15, 0.2) is 0 Å². The normalized spacial score (nSPS) is 16.8. The fourth-order valence-electron chi connectivity index (χ4n) is 0.922. The molecule has 0 aliphatic carbocycles. The van der Waals surface area contributed by atoms with Crippen molar-refractivity contribution in [2.75, 3.05) is 6.61 Å². The van der Waals surface area contributed by atoms with E-state index in [4.69, 9.17) is 5.11 Å². The van der Waals surface area contributed by atoms with Gasteiger partial charge < -0.3 is 10.2 Å². The summed E-state index contributed by atoms with van der Waals surface area (Å²) in [6, 6.07) is 0. The monoisotopic (exact) mass is 146 g/mol. The van der Waals surface area contributed by atoms with Crippen molar-refractivity contribution in [3.63, 3.8) is 0 Å². The summed E-state index contributed by atoms with van der Waals surface area (Å²) < 4.78 is 0. The van der Waals surface area contributed by atoms with Crippen LogP contribution in [-0.4, -0.2) is 22.9 Å². The molecule has 0 saturated heterocycles. The minimum Gasteiger partial charge on any atom is -0.396 e. The summed E-state index contributed by atoms with van der Waals surface area (Å²) in [6.07, 6.45) is 2.25. The molecule has 0 aromatic heterocycles. The largest absolute Gasteiger partial charge is 0.396 e. The molecule has 0 bridgehead atoms. The molecule has 2 atom stereocenters. The predicted octanol–water partition coefficient (Wildman–Crippen LogP) is 1.17. The molecular formula is C8H18O2. The number of aliphatic hydroxyl groups is 2. The van der Waals surface area contributed by atoms with Crippen LogP contribution in [0.15, 0.2) is 0 Å². The topological polar surface area (TPSA) is 40.5 Å². The summed E-state index contributed by atoms with van der Waals surface area (Å²) in [5.74, 6) is 0.287. The highest BCUT2D eigenvalue weighted by Crippen LogP contribution is 2.11. The number of rotatable bonds is 5. The summed E-state index contributed by atoms with van der Waals surface area (Å²) in [7, 11) is 0. The van der Waals surface area contributed by atoms with Crippen molar-refractivity contribution < 1.29 is 10.2 Å². The third kappa shape index (κ3) is 3.85. The van der Waals surface area contributed by atoms with Crippen molar-refractivity contribution in [1.29, 1.82) is 0 Å². The Morgan fingerprint density at radius 2 is 1.80 bits per heavy atom. The molecule has 10 heavy (non-hydrogen) atoms. The first-order valence-electron chi connectivity index (χ1n) is 4.03. The lowest BCUT2D eigenvalue weighted by Gasteiger charge is -2.14. The van der Waals surface area contributed by atoms with Crippen LogP contribution >= 0.6 is 0 Å². The van der Waals surface area contributed by atoms with E-state index in [1.54, 1.807) is 0 Å². The number of aliphatic hydroxyl groups excluding tert-OH is 2. The first kappa shape index (κ1) is 9.92. The minimum absolute atomic E-state index is 0.202. The van der Waals surface area contributed by atoms with E-state index >= 15 is 0 Å². The van der Waals surface area contributed by atoms with Gasteiger partial charge in [0.2, 0.25) is 0 Å². The Hall–Kier alpha value is -0.0800. The molecule has 0 aliphatic heterocycles. The second-order valence-corrected chi connectivity index (χ2v) is 2.75. The van der Waals surface area contributed by atoms with Crippen molar-refractivity contribution in [3.05, 3.63) is 0 Å². The molecule has 0 aliphatic rings. The van der Waals surface area contributed by atoms with E-state index in [1.165, 1.54) is 0 Å². The standard InChI is InChI=1S/C8H18O2/c1-3-7(6-9)5-8(10)4-2/h7-10H,3-6H2,1-2H3/t7-,8-/m0/s1. The van der Waals surface area contributed by atoms with Crippen LogP contribution in [0.1, 0.15) is 33.1 Å². The highest BCUT2D eigenvalue weighted by atomic mass is 16.3. The van der Waals surface area contributed by atoms with Crippen molar-refractivity contribution in [2.24, 2.45) is 5.92 Å². The zero-order valence-electron chi connectivity index (χ0n) is 6.88. The van der Waals surface area contributed by atoms with Crippen LogP contribution in [0, 0.1) is 5.92 Å². The van der Waals surface area contributed by atoms with Gasteiger partial charge in [0, 0.05) is 6.61 Å². The van der Waals surface area contributed by atoms with Crippen LogP contribution in [0.3, 0.4) is 0 Å². The Morgan fingerprint density at radius 1 is 1.20 bits per heavy atom. The zero-order chi connectivity index (χ0) is 7.98. The van der Waals surface area contributed by atoms with E-state index in [2.05, 4.69) is 0 Å². The van der Waals surface area contributed by atoms with Crippen molar-refractivity contribution in [3.8, 4) is 0 Å². The van der Waals surface area contributed by atoms with Crippen LogP contribution in [0.5, 0.6) is 0 Å². The summed E-state index contributed by atoms with van der Waals surface area (Å²) in [5, 5.41) is 17.9.